The van der Waals surface area contributed by atoms with Gasteiger partial charge in [0.15, 0.2) is 5.75 Å². The Labute approximate surface area is 224 Å². The van der Waals surface area contributed by atoms with Crippen LogP contribution in [0.15, 0.2) is 76.3 Å². The summed E-state index contributed by atoms with van der Waals surface area (Å²) in [5.41, 5.74) is 7.38. The van der Waals surface area contributed by atoms with Crippen molar-refractivity contribution in [1.29, 1.82) is 0 Å². The monoisotopic (exact) mass is 499 g/mol. The van der Waals surface area contributed by atoms with Crippen LogP contribution in [0.5, 0.6) is 5.75 Å². The van der Waals surface area contributed by atoms with Crippen molar-refractivity contribution in [1.82, 2.24) is 0 Å². The van der Waals surface area contributed by atoms with Crippen LogP contribution in [0.3, 0.4) is 0 Å². The molecule has 0 amide bonds. The van der Waals surface area contributed by atoms with E-state index in [1.807, 2.05) is 12.1 Å². The van der Waals surface area contributed by atoms with Crippen molar-refractivity contribution in [3.05, 3.63) is 76.9 Å². The topological polar surface area (TPSA) is 41.8 Å². The molecule has 0 heterocycles. The fraction of sp³-hybridized carbons (Fsp3) is 0.500. The van der Waals surface area contributed by atoms with E-state index in [-0.39, 0.29) is 0 Å². The minimum Gasteiger partial charge on any atom is -0.340 e. The molecule has 37 heavy (non-hydrogen) atoms. The molecule has 4 rings (SSSR count). The molecule has 0 aliphatic heterocycles. The maximum atomic E-state index is 9.24. The molecule has 3 nitrogen and oxygen atoms in total. The fourth-order valence-corrected chi connectivity index (χ4v) is 6.14. The smallest absolute Gasteiger partial charge is 0.172 e. The first-order valence-corrected chi connectivity index (χ1v) is 14.4. The van der Waals surface area contributed by atoms with Gasteiger partial charge >= 0.3 is 0 Å². The average molecular weight is 500 g/mol. The maximum absolute atomic E-state index is 9.24. The quantitative estimate of drug-likeness (QED) is 0.153. The lowest BCUT2D eigenvalue weighted by atomic mass is 9.85. The highest BCUT2D eigenvalue weighted by Crippen LogP contribution is 2.33. The first-order valence-electron chi connectivity index (χ1n) is 14.4. The molecule has 0 radical (unpaired) electrons. The number of allylic oxidation sites excluding steroid dienone is 6. The Bertz CT molecular complexity index is 1190. The van der Waals surface area contributed by atoms with Gasteiger partial charge < -0.3 is 4.89 Å². The van der Waals surface area contributed by atoms with Crippen LogP contribution in [-0.4, -0.2) is 17.5 Å². The molecule has 0 aromatic heterocycles. The second kappa shape index (κ2) is 13.2. The third kappa shape index (κ3) is 7.23. The van der Waals surface area contributed by atoms with Gasteiger partial charge in [-0.05, 0) is 100 Å². The normalized spacial score (nSPS) is 21.6. The number of fused-ring (bicyclic) bond motifs is 1. The molecule has 2 aromatic rings. The van der Waals surface area contributed by atoms with E-state index in [0.29, 0.717) is 23.5 Å². The highest BCUT2D eigenvalue weighted by molar-refractivity contribution is 5.90. The van der Waals surface area contributed by atoms with Crippen molar-refractivity contribution in [3.8, 4) is 5.75 Å². The van der Waals surface area contributed by atoms with Crippen LogP contribution in [0.1, 0.15) is 84.6 Å². The molecule has 3 unspecified atom stereocenters. The summed E-state index contributed by atoms with van der Waals surface area (Å²) in [5.74, 6) is 2.28. The largest absolute Gasteiger partial charge is 0.340 e. The number of aryl methyl sites for hydroxylation is 1. The van der Waals surface area contributed by atoms with Crippen LogP contribution < -0.4 is 4.89 Å². The van der Waals surface area contributed by atoms with Crippen LogP contribution in [0.2, 0.25) is 0 Å². The summed E-state index contributed by atoms with van der Waals surface area (Å²) in [5, 5.41) is 11.4. The van der Waals surface area contributed by atoms with Crippen molar-refractivity contribution in [2.75, 3.05) is 6.54 Å². The van der Waals surface area contributed by atoms with E-state index in [2.05, 4.69) is 69.0 Å². The molecule has 1 N–H and O–H groups in total. The molecule has 2 aliphatic rings. The minimum atomic E-state index is 0.519. The van der Waals surface area contributed by atoms with Crippen LogP contribution in [0.4, 0.5) is 0 Å². The van der Waals surface area contributed by atoms with E-state index < -0.39 is 0 Å². The summed E-state index contributed by atoms with van der Waals surface area (Å²) >= 11 is 0. The molecule has 0 fully saturated rings. The number of aliphatic imine (C=N–C) groups is 1. The Hall–Kier alpha value is -2.65. The molecular formula is C34H45NO2. The van der Waals surface area contributed by atoms with E-state index in [1.54, 1.807) is 17.2 Å². The summed E-state index contributed by atoms with van der Waals surface area (Å²) in [4.78, 5) is 9.67. The van der Waals surface area contributed by atoms with Crippen LogP contribution in [0, 0.1) is 17.8 Å². The second-order valence-electron chi connectivity index (χ2n) is 11.3. The summed E-state index contributed by atoms with van der Waals surface area (Å²) in [6, 6.07) is 12.2. The van der Waals surface area contributed by atoms with Gasteiger partial charge in [-0.2, -0.15) is 0 Å². The zero-order valence-electron chi connectivity index (χ0n) is 23.3. The Kier molecular flexibility index (Phi) is 9.80. The summed E-state index contributed by atoms with van der Waals surface area (Å²) in [7, 11) is 0. The van der Waals surface area contributed by atoms with Crippen LogP contribution in [0.25, 0.3) is 10.8 Å². The first-order chi connectivity index (χ1) is 18.0. The Balaban J connectivity index is 1.38. The Morgan fingerprint density at radius 2 is 1.92 bits per heavy atom. The minimum absolute atomic E-state index is 0.519. The van der Waals surface area contributed by atoms with E-state index in [9.17, 15) is 5.26 Å². The molecule has 0 bridgehead atoms. The SMILES string of the molecule is CCC1=CCCC(C(C)=NCCC2C=C(C(C)CCc3cccc4c(OO)cccc34)CC=C(C)C2)C1. The molecule has 3 heteroatoms. The number of rotatable bonds is 10. The van der Waals surface area contributed by atoms with Crippen molar-refractivity contribution >= 4 is 16.5 Å². The van der Waals surface area contributed by atoms with Gasteiger partial charge in [0.05, 0.1) is 0 Å². The number of hydrogen-bond acceptors (Lipinski definition) is 3. The van der Waals surface area contributed by atoms with Crippen LogP contribution >= 0.6 is 0 Å². The lowest BCUT2D eigenvalue weighted by molar-refractivity contribution is -0.136. The van der Waals surface area contributed by atoms with Gasteiger partial charge in [-0.3, -0.25) is 4.99 Å². The predicted octanol–water partition coefficient (Wildman–Crippen LogP) is 9.53. The van der Waals surface area contributed by atoms with Gasteiger partial charge in [-0.15, -0.1) is 0 Å². The molecule has 2 aromatic carbocycles. The van der Waals surface area contributed by atoms with E-state index in [0.717, 1.165) is 49.4 Å². The Morgan fingerprint density at radius 1 is 1.11 bits per heavy atom. The van der Waals surface area contributed by atoms with E-state index >= 15 is 0 Å². The highest BCUT2D eigenvalue weighted by atomic mass is 17.1. The molecule has 3 atom stereocenters. The van der Waals surface area contributed by atoms with Crippen molar-refractivity contribution in [2.24, 2.45) is 22.7 Å². The second-order valence-corrected chi connectivity index (χ2v) is 11.3. The first kappa shape index (κ1) is 27.4. The zero-order valence-corrected chi connectivity index (χ0v) is 23.3. The third-order valence-corrected chi connectivity index (χ3v) is 8.63. The van der Waals surface area contributed by atoms with Crippen LogP contribution in [-0.2, 0) is 6.42 Å². The maximum Gasteiger partial charge on any atom is 0.172 e. The average Bonchev–Trinajstić information content (AvgIpc) is 3.12. The van der Waals surface area contributed by atoms with Gasteiger partial charge in [0.2, 0.25) is 0 Å². The number of hydrogen-bond donors (Lipinski definition) is 1. The fourth-order valence-electron chi connectivity index (χ4n) is 6.14. The molecular weight excluding hydrogens is 454 g/mol. The number of nitrogens with zero attached hydrogens (tertiary/aromatic N) is 1. The van der Waals surface area contributed by atoms with E-state index in [1.165, 1.54) is 42.5 Å². The van der Waals surface area contributed by atoms with Gasteiger partial charge in [-0.25, -0.2) is 5.26 Å². The number of benzene rings is 2. The van der Waals surface area contributed by atoms with Gasteiger partial charge in [0.1, 0.15) is 0 Å². The summed E-state index contributed by atoms with van der Waals surface area (Å²) in [6.45, 7) is 10.1. The van der Waals surface area contributed by atoms with Crippen molar-refractivity contribution < 1.29 is 10.1 Å². The van der Waals surface area contributed by atoms with Crippen molar-refractivity contribution in [3.63, 3.8) is 0 Å². The summed E-state index contributed by atoms with van der Waals surface area (Å²) < 4.78 is 0. The van der Waals surface area contributed by atoms with E-state index in [4.69, 9.17) is 4.99 Å². The molecule has 0 saturated carbocycles. The lowest BCUT2D eigenvalue weighted by Gasteiger charge is -2.22. The van der Waals surface area contributed by atoms with Gasteiger partial charge in [0.25, 0.3) is 0 Å². The Morgan fingerprint density at radius 3 is 2.73 bits per heavy atom. The van der Waals surface area contributed by atoms with Gasteiger partial charge in [0, 0.05) is 23.6 Å². The van der Waals surface area contributed by atoms with Gasteiger partial charge in [-0.1, -0.05) is 79.1 Å². The highest BCUT2D eigenvalue weighted by Gasteiger charge is 2.19. The third-order valence-electron chi connectivity index (χ3n) is 8.63. The standard InChI is InChI=1S/C34H45NO2/c1-5-27-9-6-11-31(22-27)26(4)35-20-19-28-21-24(2)15-17-30(23-28)25(3)16-18-29-10-7-13-33-32(29)12-8-14-34(33)37-36/h7-10,12-15,23,25,28,31,36H,5-6,11,16-22H2,1-4H3. The summed E-state index contributed by atoms with van der Waals surface area (Å²) in [6.07, 6.45) is 17.8. The molecule has 0 spiro atoms. The molecule has 2 aliphatic carbocycles. The lowest BCUT2D eigenvalue weighted by Crippen LogP contribution is -2.16. The zero-order chi connectivity index (χ0) is 26.2. The predicted molar refractivity (Wildman–Crippen MR) is 158 cm³/mol. The molecule has 198 valence electrons. The molecule has 0 saturated heterocycles. The van der Waals surface area contributed by atoms with Crippen molar-refractivity contribution in [2.45, 2.75) is 85.5 Å².